The second kappa shape index (κ2) is 5.88. The Morgan fingerprint density at radius 2 is 1.83 bits per heavy atom. The third-order valence-electron chi connectivity index (χ3n) is 4.21. The van der Waals surface area contributed by atoms with Crippen molar-refractivity contribution in [2.75, 3.05) is 26.3 Å². The first-order chi connectivity index (χ1) is 11.2. The predicted octanol–water partition coefficient (Wildman–Crippen LogP) is 0.714. The highest BCUT2D eigenvalue weighted by atomic mass is 19.1. The molecule has 2 aromatic rings. The lowest BCUT2D eigenvalue weighted by atomic mass is 10.1. The highest BCUT2D eigenvalue weighted by Gasteiger charge is 2.38. The fraction of sp³-hybridized carbons (Fsp3) is 0.467. The van der Waals surface area contributed by atoms with Crippen molar-refractivity contribution in [1.29, 1.82) is 0 Å². The van der Waals surface area contributed by atoms with E-state index in [-0.39, 0.29) is 18.0 Å². The molecule has 8 heteroatoms. The van der Waals surface area contributed by atoms with Crippen molar-refractivity contribution >= 4 is 0 Å². The number of rotatable bonds is 3. The van der Waals surface area contributed by atoms with Gasteiger partial charge in [-0.1, -0.05) is 0 Å². The van der Waals surface area contributed by atoms with Crippen molar-refractivity contribution in [2.24, 2.45) is 0 Å². The van der Waals surface area contributed by atoms with Crippen LogP contribution in [0.25, 0.3) is 11.3 Å². The molecule has 1 aromatic carbocycles. The average molecular weight is 321 g/mol. The van der Waals surface area contributed by atoms with Gasteiger partial charge in [-0.2, -0.15) is 0 Å². The Morgan fingerprint density at radius 3 is 2.48 bits per heavy atom. The van der Waals surface area contributed by atoms with Gasteiger partial charge in [0.15, 0.2) is 0 Å². The molecule has 0 unspecified atom stereocenters. The van der Waals surface area contributed by atoms with E-state index in [1.807, 2.05) is 0 Å². The lowest BCUT2D eigenvalue weighted by molar-refractivity contribution is -0.793. The van der Waals surface area contributed by atoms with Gasteiger partial charge < -0.3 is 14.7 Å². The summed E-state index contributed by atoms with van der Waals surface area (Å²) in [6, 6.07) is 5.68. The molecule has 0 radical (unpaired) electrons. The van der Waals surface area contributed by atoms with E-state index in [2.05, 4.69) is 10.1 Å². The Morgan fingerprint density at radius 1 is 1.17 bits per heavy atom. The maximum Gasteiger partial charge on any atom is 0.240 e. The van der Waals surface area contributed by atoms with Crippen LogP contribution in [-0.2, 0) is 16.0 Å². The third-order valence-corrected chi connectivity index (χ3v) is 4.21. The van der Waals surface area contributed by atoms with E-state index in [1.165, 1.54) is 24.3 Å². The zero-order valence-electron chi connectivity index (χ0n) is 12.4. The first-order valence-electron chi connectivity index (χ1n) is 7.51. The van der Waals surface area contributed by atoms with Gasteiger partial charge in [0.05, 0.1) is 32.0 Å². The molecular formula is C15H16FN3O4. The number of halogens is 1. The van der Waals surface area contributed by atoms with Gasteiger partial charge in [-0.15, -0.1) is 0 Å². The van der Waals surface area contributed by atoms with Crippen LogP contribution in [0.3, 0.4) is 0 Å². The number of likely N-dealkylation sites (tertiary alicyclic amines) is 1. The standard InChI is InChI=1S/C15H16FN3O4/c16-11-3-1-10(2-4-11)15-12(17-23-19(15)20)7-18-8-13-14(9-18)22-6-5-21-13/h1-4,13-14H,5-9H2/t13-,14+. The average Bonchev–Trinajstić information content (AvgIpc) is 3.12. The molecule has 23 heavy (non-hydrogen) atoms. The normalized spacial score (nSPS) is 24.7. The van der Waals surface area contributed by atoms with Crippen LogP contribution < -0.4 is 4.90 Å². The van der Waals surface area contributed by atoms with Crippen LogP contribution in [0.2, 0.25) is 0 Å². The fourth-order valence-corrected chi connectivity index (χ4v) is 3.14. The predicted molar refractivity (Wildman–Crippen MR) is 75.6 cm³/mol. The Labute approximate surface area is 131 Å². The van der Waals surface area contributed by atoms with Crippen molar-refractivity contribution in [3.8, 4) is 11.3 Å². The minimum atomic E-state index is -0.359. The second-order valence-corrected chi connectivity index (χ2v) is 5.74. The van der Waals surface area contributed by atoms with Crippen LogP contribution in [0.1, 0.15) is 5.69 Å². The molecule has 2 aliphatic rings. The van der Waals surface area contributed by atoms with Crippen molar-refractivity contribution in [2.45, 2.75) is 18.8 Å². The summed E-state index contributed by atoms with van der Waals surface area (Å²) >= 11 is 0. The first-order valence-corrected chi connectivity index (χ1v) is 7.51. The summed E-state index contributed by atoms with van der Waals surface area (Å²) in [6.45, 7) is 3.12. The quantitative estimate of drug-likeness (QED) is 0.775. The zero-order chi connectivity index (χ0) is 15.8. The Hall–Kier alpha value is -2.03. The molecule has 0 aliphatic carbocycles. The lowest BCUT2D eigenvalue weighted by Crippen LogP contribution is -2.36. The smallest absolute Gasteiger partial charge is 0.240 e. The van der Waals surface area contributed by atoms with E-state index in [4.69, 9.17) is 14.1 Å². The van der Waals surface area contributed by atoms with Gasteiger partial charge in [0.25, 0.3) is 0 Å². The molecule has 7 nitrogen and oxygen atoms in total. The van der Waals surface area contributed by atoms with Crippen molar-refractivity contribution in [3.05, 3.63) is 41.0 Å². The van der Waals surface area contributed by atoms with Gasteiger partial charge in [-0.3, -0.25) is 9.53 Å². The van der Waals surface area contributed by atoms with Crippen LogP contribution >= 0.6 is 0 Å². The first kappa shape index (κ1) is 14.6. The summed E-state index contributed by atoms with van der Waals surface area (Å²) in [6.07, 6.45) is 0.119. The largest absolute Gasteiger partial charge is 0.372 e. The highest BCUT2D eigenvalue weighted by molar-refractivity contribution is 5.58. The molecule has 4 rings (SSSR count). The van der Waals surface area contributed by atoms with Gasteiger partial charge >= 0.3 is 0 Å². The topological polar surface area (TPSA) is 74.7 Å². The number of fused-ring (bicyclic) bond motifs is 1. The molecule has 3 heterocycles. The number of ether oxygens (including phenoxy) is 2. The summed E-state index contributed by atoms with van der Waals surface area (Å²) in [5.74, 6) is -0.359. The third kappa shape index (κ3) is 2.80. The Balaban J connectivity index is 1.55. The maximum atomic E-state index is 13.1. The van der Waals surface area contributed by atoms with E-state index in [0.29, 0.717) is 41.6 Å². The van der Waals surface area contributed by atoms with E-state index in [0.717, 1.165) is 13.1 Å². The van der Waals surface area contributed by atoms with E-state index < -0.39 is 0 Å². The molecular weight excluding hydrogens is 305 g/mol. The van der Waals surface area contributed by atoms with Gasteiger partial charge in [0.2, 0.25) is 11.4 Å². The molecule has 1 aromatic heterocycles. The maximum absolute atomic E-state index is 13.1. The summed E-state index contributed by atoms with van der Waals surface area (Å²) in [5.41, 5.74) is 1.40. The summed E-state index contributed by atoms with van der Waals surface area (Å²) < 4.78 is 29.2. The fourth-order valence-electron chi connectivity index (χ4n) is 3.14. The van der Waals surface area contributed by atoms with Gasteiger partial charge in [0, 0.05) is 23.8 Å². The number of aromatic nitrogens is 2. The molecule has 2 aliphatic heterocycles. The molecule has 2 fully saturated rings. The summed E-state index contributed by atoms with van der Waals surface area (Å²) in [4.78, 5) is 2.48. The van der Waals surface area contributed by atoms with Crippen LogP contribution in [0, 0.1) is 11.0 Å². The van der Waals surface area contributed by atoms with Crippen LogP contribution in [0.4, 0.5) is 4.39 Å². The van der Waals surface area contributed by atoms with Crippen LogP contribution in [0.15, 0.2) is 28.9 Å². The molecule has 0 bridgehead atoms. The number of hydrogen-bond donors (Lipinski definition) is 0. The minimum Gasteiger partial charge on any atom is -0.372 e. The Kier molecular flexibility index (Phi) is 3.72. The molecule has 0 amide bonds. The molecule has 2 atom stereocenters. The van der Waals surface area contributed by atoms with Crippen molar-refractivity contribution < 1.29 is 23.4 Å². The van der Waals surface area contributed by atoms with Crippen molar-refractivity contribution in [1.82, 2.24) is 10.1 Å². The lowest BCUT2D eigenvalue weighted by Gasteiger charge is -2.24. The monoisotopic (exact) mass is 321 g/mol. The van der Waals surface area contributed by atoms with Gasteiger partial charge in [-0.25, -0.2) is 4.39 Å². The Bertz CT molecular complexity index is 677. The number of nitrogens with zero attached hydrogens (tertiary/aromatic N) is 3. The van der Waals surface area contributed by atoms with Gasteiger partial charge in [0.1, 0.15) is 5.82 Å². The molecule has 0 saturated carbocycles. The van der Waals surface area contributed by atoms with Crippen LogP contribution in [0.5, 0.6) is 0 Å². The zero-order valence-corrected chi connectivity index (χ0v) is 12.4. The van der Waals surface area contributed by atoms with Crippen molar-refractivity contribution in [3.63, 3.8) is 0 Å². The molecule has 0 spiro atoms. The van der Waals surface area contributed by atoms with E-state index in [9.17, 15) is 9.60 Å². The SMILES string of the molecule is [O-][n+]1onc(CN2C[C@@H]3OCCO[C@@H]3C2)c1-c1ccc(F)cc1. The number of hydrogen-bond acceptors (Lipinski definition) is 6. The number of benzene rings is 1. The minimum absolute atomic E-state index is 0.0595. The second-order valence-electron chi connectivity index (χ2n) is 5.74. The molecule has 122 valence electrons. The summed E-state index contributed by atoms with van der Waals surface area (Å²) in [7, 11) is 0. The van der Waals surface area contributed by atoms with E-state index in [1.54, 1.807) is 0 Å². The van der Waals surface area contributed by atoms with Gasteiger partial charge in [-0.05, 0) is 29.2 Å². The molecule has 0 N–H and O–H groups in total. The summed E-state index contributed by atoms with van der Waals surface area (Å²) in [5, 5.41) is 15.7. The molecule has 2 saturated heterocycles. The van der Waals surface area contributed by atoms with Crippen LogP contribution in [-0.4, -0.2) is 48.6 Å². The van der Waals surface area contributed by atoms with E-state index >= 15 is 0 Å². The highest BCUT2D eigenvalue weighted by Crippen LogP contribution is 2.25.